The highest BCUT2D eigenvalue weighted by molar-refractivity contribution is 6.43. The standard InChI is InChI=1S/C21H10Cl4N2O4/c22-10-1-4-15(23)13(7-10)18-6-3-12(31-18)9-14-19(28)26-21(30)27(20(14)29)11-2-5-16(24)17(25)8-11/h1-9H,(H,26,28,30)/b14-9-. The van der Waals surface area contributed by atoms with Gasteiger partial charge in [-0.1, -0.05) is 46.4 Å². The van der Waals surface area contributed by atoms with Crippen LogP contribution in [0.2, 0.25) is 20.1 Å². The van der Waals surface area contributed by atoms with Crippen molar-refractivity contribution in [3.63, 3.8) is 0 Å². The molecule has 1 N–H and O–H groups in total. The highest BCUT2D eigenvalue weighted by Crippen LogP contribution is 2.33. The topological polar surface area (TPSA) is 79.6 Å². The van der Waals surface area contributed by atoms with E-state index in [2.05, 4.69) is 5.32 Å². The number of carbonyl (C=O) groups is 3. The quantitative estimate of drug-likeness (QED) is 0.345. The lowest BCUT2D eigenvalue weighted by atomic mass is 10.1. The Morgan fingerprint density at radius 2 is 1.58 bits per heavy atom. The first kappa shape index (κ1) is 21.5. The van der Waals surface area contributed by atoms with Crippen LogP contribution < -0.4 is 10.2 Å². The number of halogens is 4. The Hall–Kier alpha value is -2.77. The Balaban J connectivity index is 1.70. The first-order chi connectivity index (χ1) is 14.7. The van der Waals surface area contributed by atoms with Crippen molar-refractivity contribution in [3.05, 3.63) is 80.0 Å². The third-order valence-corrected chi connectivity index (χ3v) is 5.67. The zero-order valence-corrected chi connectivity index (χ0v) is 18.3. The van der Waals surface area contributed by atoms with Gasteiger partial charge in [-0.3, -0.25) is 14.9 Å². The van der Waals surface area contributed by atoms with E-state index in [1.54, 1.807) is 30.3 Å². The van der Waals surface area contributed by atoms with Crippen LogP contribution in [0.1, 0.15) is 5.76 Å². The summed E-state index contributed by atoms with van der Waals surface area (Å²) in [5.41, 5.74) is 0.399. The van der Waals surface area contributed by atoms with Crippen molar-refractivity contribution in [1.82, 2.24) is 5.32 Å². The lowest BCUT2D eigenvalue weighted by Gasteiger charge is -2.26. The molecule has 0 unspecified atom stereocenters. The van der Waals surface area contributed by atoms with Crippen LogP contribution in [0.4, 0.5) is 10.5 Å². The van der Waals surface area contributed by atoms with Gasteiger partial charge in [-0.05, 0) is 54.6 Å². The van der Waals surface area contributed by atoms with E-state index in [1.165, 1.54) is 24.3 Å². The number of barbiturate groups is 1. The number of nitrogens with zero attached hydrogens (tertiary/aromatic N) is 1. The predicted octanol–water partition coefficient (Wildman–Crippen LogP) is 6.23. The minimum absolute atomic E-state index is 0.149. The maximum atomic E-state index is 12.9. The maximum Gasteiger partial charge on any atom is 0.335 e. The summed E-state index contributed by atoms with van der Waals surface area (Å²) < 4.78 is 5.71. The molecule has 6 nitrogen and oxygen atoms in total. The van der Waals surface area contributed by atoms with E-state index in [4.69, 9.17) is 50.8 Å². The smallest absolute Gasteiger partial charge is 0.335 e. The first-order valence-electron chi connectivity index (χ1n) is 8.66. The van der Waals surface area contributed by atoms with Gasteiger partial charge in [0.05, 0.1) is 20.8 Å². The molecule has 1 aromatic heterocycles. The minimum atomic E-state index is -0.906. The van der Waals surface area contributed by atoms with Crippen LogP contribution in [0.5, 0.6) is 0 Å². The summed E-state index contributed by atoms with van der Waals surface area (Å²) in [6.45, 7) is 0. The minimum Gasteiger partial charge on any atom is -0.457 e. The van der Waals surface area contributed by atoms with Crippen molar-refractivity contribution < 1.29 is 18.8 Å². The SMILES string of the molecule is O=C1NC(=O)N(c2ccc(Cl)c(Cl)c2)C(=O)/C1=C\c1ccc(-c2cc(Cl)ccc2Cl)o1. The average Bonchev–Trinajstić information content (AvgIpc) is 3.18. The van der Waals surface area contributed by atoms with Crippen molar-refractivity contribution in [2.75, 3.05) is 4.90 Å². The molecular formula is C21H10Cl4N2O4. The number of hydrogen-bond acceptors (Lipinski definition) is 4. The molecule has 1 saturated heterocycles. The van der Waals surface area contributed by atoms with Crippen molar-refractivity contribution >= 4 is 76.0 Å². The van der Waals surface area contributed by atoms with Gasteiger partial charge in [0.15, 0.2) is 0 Å². The number of hydrogen-bond donors (Lipinski definition) is 1. The van der Waals surface area contributed by atoms with E-state index in [0.717, 1.165) is 4.90 Å². The van der Waals surface area contributed by atoms with Gasteiger partial charge >= 0.3 is 6.03 Å². The lowest BCUT2D eigenvalue weighted by molar-refractivity contribution is -0.122. The fraction of sp³-hybridized carbons (Fsp3) is 0. The van der Waals surface area contributed by atoms with Crippen molar-refractivity contribution in [3.8, 4) is 11.3 Å². The number of furan rings is 1. The van der Waals surface area contributed by atoms with Gasteiger partial charge < -0.3 is 4.42 Å². The third-order valence-electron chi connectivity index (χ3n) is 4.37. The second-order valence-electron chi connectivity index (χ2n) is 6.38. The number of rotatable bonds is 3. The van der Waals surface area contributed by atoms with E-state index >= 15 is 0 Å². The van der Waals surface area contributed by atoms with Gasteiger partial charge in [0.25, 0.3) is 11.8 Å². The Labute approximate surface area is 195 Å². The number of urea groups is 1. The maximum absolute atomic E-state index is 12.9. The van der Waals surface area contributed by atoms with E-state index in [1.807, 2.05) is 0 Å². The Morgan fingerprint density at radius 3 is 2.32 bits per heavy atom. The number of imide groups is 2. The van der Waals surface area contributed by atoms with Crippen LogP contribution in [0.3, 0.4) is 0 Å². The summed E-state index contributed by atoms with van der Waals surface area (Å²) in [6, 6.07) is 11.4. The number of amides is 4. The molecule has 0 saturated carbocycles. The van der Waals surface area contributed by atoms with Gasteiger partial charge in [-0.25, -0.2) is 9.69 Å². The lowest BCUT2D eigenvalue weighted by Crippen LogP contribution is -2.54. The van der Waals surface area contributed by atoms with Crippen molar-refractivity contribution in [2.45, 2.75) is 0 Å². The van der Waals surface area contributed by atoms with Gasteiger partial charge in [-0.15, -0.1) is 0 Å². The van der Waals surface area contributed by atoms with Gasteiger partial charge in [-0.2, -0.15) is 0 Å². The summed E-state index contributed by atoms with van der Waals surface area (Å²) in [5, 5.41) is 3.41. The molecule has 0 radical (unpaired) electrons. The fourth-order valence-electron chi connectivity index (χ4n) is 2.92. The Kier molecular flexibility index (Phi) is 5.81. The zero-order chi connectivity index (χ0) is 22.3. The average molecular weight is 496 g/mol. The van der Waals surface area contributed by atoms with Crippen LogP contribution in [0.15, 0.2) is 58.5 Å². The number of benzene rings is 2. The molecule has 4 amide bonds. The third kappa shape index (κ3) is 4.20. The Morgan fingerprint density at radius 1 is 0.839 bits per heavy atom. The van der Waals surface area contributed by atoms with E-state index in [0.29, 0.717) is 21.4 Å². The molecule has 1 aliphatic rings. The number of anilines is 1. The molecule has 156 valence electrons. The van der Waals surface area contributed by atoms with Crippen molar-refractivity contribution in [2.24, 2.45) is 0 Å². The van der Waals surface area contributed by atoms with E-state index < -0.39 is 17.8 Å². The molecule has 31 heavy (non-hydrogen) atoms. The molecule has 0 atom stereocenters. The highest BCUT2D eigenvalue weighted by Gasteiger charge is 2.37. The second-order valence-corrected chi connectivity index (χ2v) is 8.04. The summed E-state index contributed by atoms with van der Waals surface area (Å²) >= 11 is 24.1. The second kappa shape index (κ2) is 8.40. The molecule has 0 bridgehead atoms. The summed E-state index contributed by atoms with van der Waals surface area (Å²) in [7, 11) is 0. The van der Waals surface area contributed by atoms with Crippen LogP contribution in [-0.2, 0) is 9.59 Å². The molecule has 1 aliphatic heterocycles. The Bertz CT molecular complexity index is 1280. The molecule has 0 aliphatic carbocycles. The molecule has 0 spiro atoms. The molecule has 2 heterocycles. The van der Waals surface area contributed by atoms with Gasteiger partial charge in [0.2, 0.25) is 0 Å². The zero-order valence-electron chi connectivity index (χ0n) is 15.3. The van der Waals surface area contributed by atoms with E-state index in [-0.39, 0.29) is 27.1 Å². The van der Waals surface area contributed by atoms with Crippen LogP contribution in [0.25, 0.3) is 17.4 Å². The molecule has 2 aromatic carbocycles. The molecule has 1 fully saturated rings. The van der Waals surface area contributed by atoms with Crippen LogP contribution in [-0.4, -0.2) is 17.8 Å². The predicted molar refractivity (Wildman–Crippen MR) is 120 cm³/mol. The van der Waals surface area contributed by atoms with Gasteiger partial charge in [0, 0.05) is 10.6 Å². The van der Waals surface area contributed by atoms with E-state index in [9.17, 15) is 14.4 Å². The summed E-state index contributed by atoms with van der Waals surface area (Å²) in [6.07, 6.45) is 1.23. The highest BCUT2D eigenvalue weighted by atomic mass is 35.5. The monoisotopic (exact) mass is 494 g/mol. The molecule has 3 aromatic rings. The fourth-order valence-corrected chi connectivity index (χ4v) is 3.59. The van der Waals surface area contributed by atoms with Gasteiger partial charge in [0.1, 0.15) is 17.1 Å². The molecule has 10 heteroatoms. The largest absolute Gasteiger partial charge is 0.457 e. The van der Waals surface area contributed by atoms with Crippen LogP contribution >= 0.6 is 46.4 Å². The van der Waals surface area contributed by atoms with Crippen molar-refractivity contribution in [1.29, 1.82) is 0 Å². The summed E-state index contributed by atoms with van der Waals surface area (Å²) in [4.78, 5) is 38.3. The first-order valence-corrected chi connectivity index (χ1v) is 10.2. The molecular weight excluding hydrogens is 486 g/mol. The number of carbonyl (C=O) groups excluding carboxylic acids is 3. The number of nitrogens with one attached hydrogen (secondary N) is 1. The van der Waals surface area contributed by atoms with Crippen LogP contribution in [0, 0.1) is 0 Å². The summed E-state index contributed by atoms with van der Waals surface area (Å²) in [5.74, 6) is -1.11. The normalized spacial score (nSPS) is 15.5. The molecule has 4 rings (SSSR count).